The SMILES string of the molecule is O=C(Cc1ccccc1NC1(Cc2cccc(Cl)c2)C(=O)Nc2cc(Cl)ccc21)N1CCN(CCCO)CC1. The number of carbonyl (C=O) groups is 2. The highest BCUT2D eigenvalue weighted by Gasteiger charge is 2.47. The van der Waals surface area contributed by atoms with Gasteiger partial charge in [-0.25, -0.2) is 0 Å². The van der Waals surface area contributed by atoms with Gasteiger partial charge in [-0.15, -0.1) is 0 Å². The van der Waals surface area contributed by atoms with Gasteiger partial charge in [0, 0.05) is 72.7 Å². The summed E-state index contributed by atoms with van der Waals surface area (Å²) in [4.78, 5) is 31.2. The molecule has 0 aromatic heterocycles. The van der Waals surface area contributed by atoms with E-state index in [-0.39, 0.29) is 24.8 Å². The number of benzene rings is 3. The Balaban J connectivity index is 1.41. The zero-order valence-electron chi connectivity index (χ0n) is 21.6. The van der Waals surface area contributed by atoms with E-state index in [9.17, 15) is 9.59 Å². The normalized spacial score (nSPS) is 19.1. The molecular formula is C30H32Cl2N4O3. The molecule has 3 N–H and O–H groups in total. The number of anilines is 2. The predicted molar refractivity (Wildman–Crippen MR) is 155 cm³/mol. The number of hydrogen-bond acceptors (Lipinski definition) is 5. The summed E-state index contributed by atoms with van der Waals surface area (Å²) < 4.78 is 0. The van der Waals surface area contributed by atoms with Crippen molar-refractivity contribution >= 4 is 46.4 Å². The Morgan fingerprint density at radius 2 is 1.74 bits per heavy atom. The van der Waals surface area contributed by atoms with Gasteiger partial charge in [-0.3, -0.25) is 14.5 Å². The van der Waals surface area contributed by atoms with Gasteiger partial charge in [0.05, 0.1) is 6.42 Å². The van der Waals surface area contributed by atoms with Crippen molar-refractivity contribution in [3.63, 3.8) is 0 Å². The minimum Gasteiger partial charge on any atom is -0.396 e. The lowest BCUT2D eigenvalue weighted by Gasteiger charge is -2.35. The van der Waals surface area contributed by atoms with Crippen molar-refractivity contribution in [1.82, 2.24) is 9.80 Å². The summed E-state index contributed by atoms with van der Waals surface area (Å²) >= 11 is 12.5. The second kappa shape index (κ2) is 12.0. The number of carbonyl (C=O) groups excluding carboxylic acids is 2. The van der Waals surface area contributed by atoms with Crippen molar-refractivity contribution in [1.29, 1.82) is 0 Å². The molecule has 2 aliphatic heterocycles. The Hall–Kier alpha value is -3.10. The molecule has 1 saturated heterocycles. The van der Waals surface area contributed by atoms with Crippen LogP contribution in [0.3, 0.4) is 0 Å². The summed E-state index contributed by atoms with van der Waals surface area (Å²) in [6, 6.07) is 20.6. The molecule has 1 unspecified atom stereocenters. The van der Waals surface area contributed by atoms with E-state index in [1.165, 1.54) is 0 Å². The average molecular weight is 568 g/mol. The molecule has 0 bridgehead atoms. The fraction of sp³-hybridized carbons (Fsp3) is 0.333. The van der Waals surface area contributed by atoms with Crippen LogP contribution in [0.5, 0.6) is 0 Å². The van der Waals surface area contributed by atoms with Gasteiger partial charge >= 0.3 is 0 Å². The van der Waals surface area contributed by atoms with Crippen LogP contribution in [-0.4, -0.2) is 66.1 Å². The van der Waals surface area contributed by atoms with E-state index in [4.69, 9.17) is 28.3 Å². The quantitative estimate of drug-likeness (QED) is 0.353. The van der Waals surface area contributed by atoms with E-state index in [0.717, 1.165) is 48.4 Å². The number of nitrogens with one attached hydrogen (secondary N) is 2. The van der Waals surface area contributed by atoms with Crippen molar-refractivity contribution in [2.75, 3.05) is 50.0 Å². The summed E-state index contributed by atoms with van der Waals surface area (Å²) in [5.41, 5.74) is 2.78. The number of rotatable bonds is 9. The number of amides is 2. The van der Waals surface area contributed by atoms with Crippen LogP contribution in [0.2, 0.25) is 10.0 Å². The van der Waals surface area contributed by atoms with Crippen LogP contribution < -0.4 is 10.6 Å². The maximum Gasteiger partial charge on any atom is 0.255 e. The molecule has 204 valence electrons. The number of para-hydroxylation sites is 1. The number of halogens is 2. The molecule has 39 heavy (non-hydrogen) atoms. The largest absolute Gasteiger partial charge is 0.396 e. The van der Waals surface area contributed by atoms with Crippen LogP contribution in [0.15, 0.2) is 66.7 Å². The van der Waals surface area contributed by atoms with Gasteiger partial charge < -0.3 is 20.6 Å². The zero-order chi connectivity index (χ0) is 27.4. The first kappa shape index (κ1) is 27.5. The van der Waals surface area contributed by atoms with E-state index in [1.807, 2.05) is 53.4 Å². The summed E-state index contributed by atoms with van der Waals surface area (Å²) in [6.07, 6.45) is 1.32. The van der Waals surface area contributed by atoms with Gasteiger partial charge in [-0.1, -0.05) is 59.6 Å². The van der Waals surface area contributed by atoms with E-state index < -0.39 is 5.54 Å². The minimum absolute atomic E-state index is 0.0537. The molecule has 3 aromatic rings. The van der Waals surface area contributed by atoms with Gasteiger partial charge in [-0.2, -0.15) is 0 Å². The van der Waals surface area contributed by atoms with Crippen LogP contribution in [0.4, 0.5) is 11.4 Å². The third-order valence-corrected chi connectivity index (χ3v) is 7.97. The summed E-state index contributed by atoms with van der Waals surface area (Å²) in [7, 11) is 0. The standard InChI is InChI=1S/C30H32Cl2N4O3/c31-23-7-3-5-21(17-23)20-30(25-10-9-24(32)19-27(25)33-29(30)39)34-26-8-2-1-6-22(26)18-28(38)36-14-12-35(13-15-36)11-4-16-37/h1-3,5-10,17,19,34,37H,4,11-16,18,20H2,(H,33,39). The molecule has 0 saturated carbocycles. The molecule has 2 aliphatic rings. The molecule has 2 heterocycles. The topological polar surface area (TPSA) is 84.9 Å². The maximum absolute atomic E-state index is 13.7. The van der Waals surface area contributed by atoms with E-state index in [0.29, 0.717) is 35.2 Å². The van der Waals surface area contributed by atoms with Gasteiger partial charge in [0.2, 0.25) is 5.91 Å². The minimum atomic E-state index is -1.12. The van der Waals surface area contributed by atoms with Crippen molar-refractivity contribution < 1.29 is 14.7 Å². The Labute approximate surface area is 238 Å². The molecular weight excluding hydrogens is 535 g/mol. The fourth-order valence-corrected chi connectivity index (χ4v) is 5.84. The maximum atomic E-state index is 13.7. The lowest BCUT2D eigenvalue weighted by molar-refractivity contribution is -0.132. The molecule has 1 atom stereocenters. The van der Waals surface area contributed by atoms with Gasteiger partial charge in [-0.05, 0) is 47.9 Å². The fourth-order valence-electron chi connectivity index (χ4n) is 5.46. The zero-order valence-corrected chi connectivity index (χ0v) is 23.1. The van der Waals surface area contributed by atoms with Gasteiger partial charge in [0.15, 0.2) is 0 Å². The second-order valence-electron chi connectivity index (χ2n) is 10.1. The predicted octanol–water partition coefficient (Wildman–Crippen LogP) is 4.56. The number of fused-ring (bicyclic) bond motifs is 1. The third-order valence-electron chi connectivity index (χ3n) is 7.50. The Bertz CT molecular complexity index is 1360. The molecule has 0 aliphatic carbocycles. The van der Waals surface area contributed by atoms with E-state index >= 15 is 0 Å². The van der Waals surface area contributed by atoms with Crippen LogP contribution in [-0.2, 0) is 28.0 Å². The Kier molecular flexibility index (Phi) is 8.43. The highest BCUT2D eigenvalue weighted by Crippen LogP contribution is 2.43. The number of nitrogens with zero attached hydrogens (tertiary/aromatic N) is 2. The number of piperazine rings is 1. The number of aliphatic hydroxyl groups is 1. The highest BCUT2D eigenvalue weighted by molar-refractivity contribution is 6.31. The molecule has 0 radical (unpaired) electrons. The van der Waals surface area contributed by atoms with E-state index in [1.54, 1.807) is 18.2 Å². The van der Waals surface area contributed by atoms with Gasteiger partial charge in [0.25, 0.3) is 5.91 Å². The molecule has 5 rings (SSSR count). The second-order valence-corrected chi connectivity index (χ2v) is 11.0. The molecule has 0 spiro atoms. The Morgan fingerprint density at radius 1 is 0.974 bits per heavy atom. The van der Waals surface area contributed by atoms with Crippen LogP contribution >= 0.6 is 23.2 Å². The van der Waals surface area contributed by atoms with Crippen LogP contribution in [0, 0.1) is 0 Å². The average Bonchev–Trinajstić information content (AvgIpc) is 3.18. The summed E-state index contributed by atoms with van der Waals surface area (Å²) in [6.45, 7) is 3.94. The lowest BCUT2D eigenvalue weighted by atomic mass is 9.84. The first-order valence-corrected chi connectivity index (χ1v) is 14.0. The summed E-state index contributed by atoms with van der Waals surface area (Å²) in [5, 5.41) is 16.8. The van der Waals surface area contributed by atoms with Crippen molar-refractivity contribution in [2.24, 2.45) is 0 Å². The molecule has 7 nitrogen and oxygen atoms in total. The van der Waals surface area contributed by atoms with Crippen LogP contribution in [0.1, 0.15) is 23.1 Å². The smallest absolute Gasteiger partial charge is 0.255 e. The van der Waals surface area contributed by atoms with E-state index in [2.05, 4.69) is 15.5 Å². The van der Waals surface area contributed by atoms with Gasteiger partial charge in [0.1, 0.15) is 5.54 Å². The number of aliphatic hydroxyl groups excluding tert-OH is 1. The third kappa shape index (κ3) is 6.07. The molecule has 3 aromatic carbocycles. The first-order valence-electron chi connectivity index (χ1n) is 13.2. The lowest BCUT2D eigenvalue weighted by Crippen LogP contribution is -2.49. The first-order chi connectivity index (χ1) is 18.9. The van der Waals surface area contributed by atoms with Crippen molar-refractivity contribution in [2.45, 2.75) is 24.8 Å². The van der Waals surface area contributed by atoms with Crippen molar-refractivity contribution in [3.05, 3.63) is 93.5 Å². The summed E-state index contributed by atoms with van der Waals surface area (Å²) in [5.74, 6) is -0.141. The monoisotopic (exact) mass is 566 g/mol. The van der Waals surface area contributed by atoms with Crippen LogP contribution in [0.25, 0.3) is 0 Å². The Morgan fingerprint density at radius 3 is 2.51 bits per heavy atom. The van der Waals surface area contributed by atoms with Crippen molar-refractivity contribution in [3.8, 4) is 0 Å². The number of hydrogen-bond donors (Lipinski definition) is 3. The molecule has 2 amide bonds. The highest BCUT2D eigenvalue weighted by atomic mass is 35.5. The molecule has 1 fully saturated rings. The molecule has 9 heteroatoms.